The minimum Gasteiger partial charge on any atom is -0.509 e. The molecule has 1 amide bonds. The molecular formula is C15H19NO2S. The molecule has 1 aliphatic heterocycles. The second kappa shape index (κ2) is 6.15. The van der Waals surface area contributed by atoms with Crippen molar-refractivity contribution in [3.8, 4) is 0 Å². The van der Waals surface area contributed by atoms with E-state index in [0.29, 0.717) is 10.7 Å². The lowest BCUT2D eigenvalue weighted by molar-refractivity contribution is -0.116. The van der Waals surface area contributed by atoms with E-state index in [1.54, 1.807) is 0 Å². The molecule has 19 heavy (non-hydrogen) atoms. The van der Waals surface area contributed by atoms with Gasteiger partial charge in [-0.2, -0.15) is 0 Å². The summed E-state index contributed by atoms with van der Waals surface area (Å²) in [6.07, 6.45) is 0.922. The van der Waals surface area contributed by atoms with Crippen LogP contribution < -0.4 is 5.32 Å². The molecule has 4 heteroatoms. The third-order valence-electron chi connectivity index (χ3n) is 3.46. The fourth-order valence-electron chi connectivity index (χ4n) is 2.05. The zero-order chi connectivity index (χ0) is 13.8. The summed E-state index contributed by atoms with van der Waals surface area (Å²) in [6.45, 7) is 4.09. The van der Waals surface area contributed by atoms with Gasteiger partial charge in [-0.05, 0) is 11.5 Å². The molecule has 2 atom stereocenters. The number of hydrogen-bond donors (Lipinski definition) is 2. The summed E-state index contributed by atoms with van der Waals surface area (Å²) < 4.78 is 0. The van der Waals surface area contributed by atoms with Crippen molar-refractivity contribution in [1.29, 1.82) is 0 Å². The van der Waals surface area contributed by atoms with Crippen molar-refractivity contribution in [2.24, 2.45) is 5.92 Å². The topological polar surface area (TPSA) is 49.3 Å². The molecule has 2 N–H and O–H groups in total. The Morgan fingerprint density at radius 1 is 1.37 bits per heavy atom. The summed E-state index contributed by atoms with van der Waals surface area (Å²) in [5.74, 6) is 1.00. The van der Waals surface area contributed by atoms with E-state index in [1.165, 1.54) is 11.8 Å². The second-order valence-electron chi connectivity index (χ2n) is 4.83. The Morgan fingerprint density at radius 2 is 2.05 bits per heavy atom. The van der Waals surface area contributed by atoms with E-state index in [9.17, 15) is 9.90 Å². The molecule has 0 radical (unpaired) electrons. The van der Waals surface area contributed by atoms with E-state index in [-0.39, 0.29) is 23.6 Å². The lowest BCUT2D eigenvalue weighted by Gasteiger charge is -2.17. The third kappa shape index (κ3) is 3.13. The van der Waals surface area contributed by atoms with Gasteiger partial charge in [0, 0.05) is 5.75 Å². The number of aliphatic hydroxyl groups excluding tert-OH is 1. The molecule has 1 heterocycles. The highest BCUT2D eigenvalue weighted by Crippen LogP contribution is 2.31. The molecule has 0 saturated heterocycles. The summed E-state index contributed by atoms with van der Waals surface area (Å²) in [5.41, 5.74) is 1.15. The van der Waals surface area contributed by atoms with E-state index in [4.69, 9.17) is 0 Å². The predicted molar refractivity (Wildman–Crippen MR) is 78.8 cm³/mol. The van der Waals surface area contributed by atoms with Crippen LogP contribution in [0.3, 0.4) is 0 Å². The fraction of sp³-hybridized carbons (Fsp3) is 0.400. The largest absolute Gasteiger partial charge is 0.509 e. The maximum absolute atomic E-state index is 11.9. The van der Waals surface area contributed by atoms with Crippen LogP contribution in [0.1, 0.15) is 25.8 Å². The lowest BCUT2D eigenvalue weighted by atomic mass is 9.99. The average Bonchev–Trinajstić information content (AvgIpc) is 2.72. The number of nitrogens with one attached hydrogen (secondary N) is 1. The van der Waals surface area contributed by atoms with Crippen molar-refractivity contribution in [1.82, 2.24) is 5.32 Å². The van der Waals surface area contributed by atoms with Gasteiger partial charge in [0.2, 0.25) is 0 Å². The van der Waals surface area contributed by atoms with E-state index in [1.807, 2.05) is 37.3 Å². The number of thioether (sulfide) groups is 1. The second-order valence-corrected chi connectivity index (χ2v) is 5.81. The smallest absolute Gasteiger partial charge is 0.261 e. The van der Waals surface area contributed by atoms with E-state index < -0.39 is 0 Å². The van der Waals surface area contributed by atoms with Crippen molar-refractivity contribution >= 4 is 17.7 Å². The van der Waals surface area contributed by atoms with Gasteiger partial charge in [0.15, 0.2) is 0 Å². The lowest BCUT2D eigenvalue weighted by Crippen LogP contribution is -2.34. The van der Waals surface area contributed by atoms with Crippen LogP contribution in [0, 0.1) is 5.92 Å². The molecule has 0 fully saturated rings. The van der Waals surface area contributed by atoms with Gasteiger partial charge in [-0.1, -0.05) is 50.6 Å². The van der Waals surface area contributed by atoms with Crippen molar-refractivity contribution in [2.75, 3.05) is 0 Å². The Bertz CT molecular complexity index is 484. The van der Waals surface area contributed by atoms with Crippen LogP contribution in [0.4, 0.5) is 0 Å². The molecule has 0 spiro atoms. The van der Waals surface area contributed by atoms with Crippen LogP contribution in [0.15, 0.2) is 41.0 Å². The molecule has 1 aromatic carbocycles. The number of carbonyl (C=O) groups excluding carboxylic acids is 1. The normalized spacial score (nSPS) is 20.5. The van der Waals surface area contributed by atoms with Crippen LogP contribution >= 0.6 is 11.8 Å². The van der Waals surface area contributed by atoms with E-state index >= 15 is 0 Å². The molecule has 3 nitrogen and oxygen atoms in total. The number of aliphatic hydroxyl groups is 1. The van der Waals surface area contributed by atoms with Crippen LogP contribution in [-0.4, -0.2) is 17.1 Å². The predicted octanol–water partition coefficient (Wildman–Crippen LogP) is 3.23. The first-order valence-corrected chi connectivity index (χ1v) is 7.52. The molecule has 0 saturated carbocycles. The molecular weight excluding hydrogens is 258 g/mol. The number of rotatable bonds is 5. The molecule has 2 rings (SSSR count). The summed E-state index contributed by atoms with van der Waals surface area (Å²) in [4.78, 5) is 12.4. The number of carbonyl (C=O) groups is 1. The third-order valence-corrected chi connectivity index (χ3v) is 4.62. The maximum atomic E-state index is 11.9. The SMILES string of the molecule is CCC(C)C1NC(=O)C(SCc2ccccc2)=C1O. The van der Waals surface area contributed by atoms with Crippen LogP contribution in [0.5, 0.6) is 0 Å². The minimum atomic E-state index is -0.226. The summed E-state index contributed by atoms with van der Waals surface area (Å²) in [6, 6.07) is 9.72. The van der Waals surface area contributed by atoms with Gasteiger partial charge in [-0.15, -0.1) is 11.8 Å². The van der Waals surface area contributed by atoms with E-state index in [2.05, 4.69) is 12.2 Å². The van der Waals surface area contributed by atoms with Gasteiger partial charge in [-0.3, -0.25) is 4.79 Å². The molecule has 1 aromatic rings. The van der Waals surface area contributed by atoms with Gasteiger partial charge < -0.3 is 10.4 Å². The number of benzene rings is 1. The van der Waals surface area contributed by atoms with Crippen molar-refractivity contribution in [3.05, 3.63) is 46.6 Å². The molecule has 1 aliphatic rings. The first-order chi connectivity index (χ1) is 9.13. The van der Waals surface area contributed by atoms with Gasteiger partial charge in [0.25, 0.3) is 5.91 Å². The average molecular weight is 277 g/mol. The number of amides is 1. The van der Waals surface area contributed by atoms with Crippen LogP contribution in [-0.2, 0) is 10.5 Å². The van der Waals surface area contributed by atoms with Gasteiger partial charge in [0.05, 0.1) is 6.04 Å². The monoisotopic (exact) mass is 277 g/mol. The Hall–Kier alpha value is -1.42. The summed E-state index contributed by atoms with van der Waals surface area (Å²) in [7, 11) is 0. The summed E-state index contributed by atoms with van der Waals surface area (Å²) in [5, 5.41) is 13.0. The zero-order valence-corrected chi connectivity index (χ0v) is 12.0. The fourth-order valence-corrected chi connectivity index (χ4v) is 3.02. The number of hydrogen-bond acceptors (Lipinski definition) is 3. The maximum Gasteiger partial charge on any atom is 0.261 e. The summed E-state index contributed by atoms with van der Waals surface area (Å²) >= 11 is 1.40. The first-order valence-electron chi connectivity index (χ1n) is 6.54. The highest BCUT2D eigenvalue weighted by atomic mass is 32.2. The molecule has 2 unspecified atom stereocenters. The Morgan fingerprint density at radius 3 is 2.68 bits per heavy atom. The van der Waals surface area contributed by atoms with Crippen LogP contribution in [0.25, 0.3) is 0 Å². The highest BCUT2D eigenvalue weighted by molar-refractivity contribution is 8.03. The first kappa shape index (κ1) is 14.0. The molecule has 102 valence electrons. The Kier molecular flexibility index (Phi) is 4.53. The molecule has 0 bridgehead atoms. The Balaban J connectivity index is 2.06. The Labute approximate surface area is 118 Å². The molecule has 0 aliphatic carbocycles. The zero-order valence-electron chi connectivity index (χ0n) is 11.2. The van der Waals surface area contributed by atoms with Gasteiger partial charge in [-0.25, -0.2) is 0 Å². The van der Waals surface area contributed by atoms with Crippen LogP contribution in [0.2, 0.25) is 0 Å². The van der Waals surface area contributed by atoms with Crippen molar-refractivity contribution in [2.45, 2.75) is 32.1 Å². The van der Waals surface area contributed by atoms with Gasteiger partial charge in [0.1, 0.15) is 10.7 Å². The van der Waals surface area contributed by atoms with Gasteiger partial charge >= 0.3 is 0 Å². The van der Waals surface area contributed by atoms with Crippen molar-refractivity contribution in [3.63, 3.8) is 0 Å². The minimum absolute atomic E-state index is 0.149. The highest BCUT2D eigenvalue weighted by Gasteiger charge is 2.34. The standard InChI is InChI=1S/C15H19NO2S/c1-3-10(2)12-13(17)14(15(18)16-12)19-9-11-7-5-4-6-8-11/h4-8,10,12,17H,3,9H2,1-2H3,(H,16,18). The van der Waals surface area contributed by atoms with Crippen molar-refractivity contribution < 1.29 is 9.90 Å². The molecule has 0 aromatic heterocycles. The van der Waals surface area contributed by atoms with E-state index in [0.717, 1.165) is 12.0 Å². The quantitative estimate of drug-likeness (QED) is 0.868.